The van der Waals surface area contributed by atoms with E-state index in [1.807, 2.05) is 6.07 Å². The van der Waals surface area contributed by atoms with Crippen molar-refractivity contribution < 1.29 is 18.0 Å². The van der Waals surface area contributed by atoms with E-state index in [1.165, 1.54) is 0 Å². The van der Waals surface area contributed by atoms with Crippen LogP contribution in [0.1, 0.15) is 60.0 Å². The number of anilines is 1. The zero-order chi connectivity index (χ0) is 22.6. The van der Waals surface area contributed by atoms with Gasteiger partial charge in [-0.15, -0.1) is 0 Å². The maximum Gasteiger partial charge on any atom is 0.251 e. The van der Waals surface area contributed by atoms with E-state index in [2.05, 4.69) is 15.4 Å². The molecule has 0 aromatic heterocycles. The Morgan fingerprint density at radius 1 is 1.00 bits per heavy atom. The molecule has 2 aromatic carbocycles. The highest BCUT2D eigenvalue weighted by molar-refractivity contribution is 7.89. The molecular formula is C24H29N3O4S. The summed E-state index contributed by atoms with van der Waals surface area (Å²) < 4.78 is 27.8. The quantitative estimate of drug-likeness (QED) is 0.596. The highest BCUT2D eigenvalue weighted by Gasteiger charge is 2.22. The molecule has 2 amide bonds. The third-order valence-corrected chi connectivity index (χ3v) is 7.64. The molecule has 4 rings (SSSR count). The number of rotatable bonds is 7. The Balaban J connectivity index is 1.30. The molecule has 8 heteroatoms. The van der Waals surface area contributed by atoms with Crippen LogP contribution in [0.5, 0.6) is 0 Å². The second-order valence-electron chi connectivity index (χ2n) is 8.53. The van der Waals surface area contributed by atoms with Crippen LogP contribution in [-0.2, 0) is 27.7 Å². The van der Waals surface area contributed by atoms with Crippen molar-refractivity contribution in [2.45, 2.75) is 62.3 Å². The van der Waals surface area contributed by atoms with Gasteiger partial charge in [-0.25, -0.2) is 13.1 Å². The lowest BCUT2D eigenvalue weighted by Crippen LogP contribution is -2.32. The van der Waals surface area contributed by atoms with Crippen molar-refractivity contribution in [2.75, 3.05) is 11.9 Å². The van der Waals surface area contributed by atoms with Gasteiger partial charge < -0.3 is 10.6 Å². The molecule has 1 aliphatic carbocycles. The van der Waals surface area contributed by atoms with Crippen LogP contribution in [0.3, 0.4) is 0 Å². The molecule has 1 saturated carbocycles. The molecule has 32 heavy (non-hydrogen) atoms. The first-order chi connectivity index (χ1) is 15.4. The molecule has 0 spiro atoms. The average Bonchev–Trinajstić information content (AvgIpc) is 3.19. The molecule has 2 aliphatic rings. The fraction of sp³-hybridized carbons (Fsp3) is 0.417. The predicted octanol–water partition coefficient (Wildman–Crippen LogP) is 3.15. The Morgan fingerprint density at radius 3 is 2.50 bits per heavy atom. The van der Waals surface area contributed by atoms with E-state index in [4.69, 9.17) is 0 Å². The molecule has 1 fully saturated rings. The second kappa shape index (κ2) is 9.83. The molecule has 2 aromatic rings. The number of amides is 2. The fourth-order valence-electron chi connectivity index (χ4n) is 4.30. The minimum atomic E-state index is -3.49. The van der Waals surface area contributed by atoms with Gasteiger partial charge in [0.2, 0.25) is 15.9 Å². The summed E-state index contributed by atoms with van der Waals surface area (Å²) in [6.07, 6.45) is 6.56. The lowest BCUT2D eigenvalue weighted by atomic mass is 10.0. The Hall–Kier alpha value is -2.71. The summed E-state index contributed by atoms with van der Waals surface area (Å²) in [6, 6.07) is 12.2. The van der Waals surface area contributed by atoms with Gasteiger partial charge >= 0.3 is 0 Å². The van der Waals surface area contributed by atoms with Crippen LogP contribution in [0, 0.1) is 0 Å². The number of aryl methyl sites for hydroxylation is 1. The number of sulfonamides is 1. The SMILES string of the molecule is O=C1CCCc2cc(C(=O)NCCc3ccc(S(=O)(=O)NC4CCCC4)cc3)ccc2N1. The van der Waals surface area contributed by atoms with Crippen LogP contribution in [-0.4, -0.2) is 32.8 Å². The number of fused-ring (bicyclic) bond motifs is 1. The maximum atomic E-state index is 12.5. The topological polar surface area (TPSA) is 104 Å². The first-order valence-corrected chi connectivity index (χ1v) is 12.7. The van der Waals surface area contributed by atoms with E-state index in [-0.39, 0.29) is 22.8 Å². The van der Waals surface area contributed by atoms with Gasteiger partial charge in [0.1, 0.15) is 0 Å². The summed E-state index contributed by atoms with van der Waals surface area (Å²) in [5.41, 5.74) is 3.28. The predicted molar refractivity (Wildman–Crippen MR) is 123 cm³/mol. The minimum absolute atomic E-state index is 0.00841. The highest BCUT2D eigenvalue weighted by atomic mass is 32.2. The summed E-state index contributed by atoms with van der Waals surface area (Å²) in [7, 11) is -3.49. The van der Waals surface area contributed by atoms with Gasteiger partial charge in [-0.1, -0.05) is 25.0 Å². The minimum Gasteiger partial charge on any atom is -0.352 e. The fourth-order valence-corrected chi connectivity index (χ4v) is 5.61. The second-order valence-corrected chi connectivity index (χ2v) is 10.2. The monoisotopic (exact) mass is 455 g/mol. The largest absolute Gasteiger partial charge is 0.352 e. The lowest BCUT2D eigenvalue weighted by molar-refractivity contribution is -0.116. The van der Waals surface area contributed by atoms with Gasteiger partial charge in [-0.05, 0) is 73.6 Å². The van der Waals surface area contributed by atoms with Crippen LogP contribution < -0.4 is 15.4 Å². The number of hydrogen-bond acceptors (Lipinski definition) is 4. The molecule has 170 valence electrons. The summed E-state index contributed by atoms with van der Waals surface area (Å²) in [6.45, 7) is 0.444. The highest BCUT2D eigenvalue weighted by Crippen LogP contribution is 2.23. The van der Waals surface area contributed by atoms with Crippen molar-refractivity contribution in [3.8, 4) is 0 Å². The van der Waals surface area contributed by atoms with Gasteiger partial charge in [0, 0.05) is 30.3 Å². The van der Waals surface area contributed by atoms with Crippen LogP contribution in [0.2, 0.25) is 0 Å². The van der Waals surface area contributed by atoms with Gasteiger partial charge in [0.15, 0.2) is 0 Å². The normalized spacial score (nSPS) is 16.8. The lowest BCUT2D eigenvalue weighted by Gasteiger charge is -2.13. The Morgan fingerprint density at radius 2 is 1.75 bits per heavy atom. The van der Waals surface area contributed by atoms with Crippen molar-refractivity contribution in [2.24, 2.45) is 0 Å². The molecule has 1 heterocycles. The van der Waals surface area contributed by atoms with Crippen molar-refractivity contribution in [1.29, 1.82) is 0 Å². The molecule has 0 saturated heterocycles. The Labute approximate surface area is 189 Å². The van der Waals surface area contributed by atoms with Crippen LogP contribution in [0.15, 0.2) is 47.4 Å². The summed E-state index contributed by atoms with van der Waals surface area (Å²) >= 11 is 0. The third kappa shape index (κ3) is 5.55. The van der Waals surface area contributed by atoms with E-state index < -0.39 is 10.0 Å². The Kier molecular flexibility index (Phi) is 6.91. The van der Waals surface area contributed by atoms with Crippen LogP contribution in [0.4, 0.5) is 5.69 Å². The zero-order valence-electron chi connectivity index (χ0n) is 18.0. The number of benzene rings is 2. The van der Waals surface area contributed by atoms with Gasteiger partial charge in [-0.3, -0.25) is 9.59 Å². The Bertz CT molecular complexity index is 1090. The van der Waals surface area contributed by atoms with Crippen molar-refractivity contribution in [3.63, 3.8) is 0 Å². The summed E-state index contributed by atoms with van der Waals surface area (Å²) in [4.78, 5) is 24.5. The van der Waals surface area contributed by atoms with Gasteiger partial charge in [-0.2, -0.15) is 0 Å². The average molecular weight is 456 g/mol. The number of carbonyl (C=O) groups excluding carboxylic acids is 2. The van der Waals surface area contributed by atoms with Gasteiger partial charge in [0.05, 0.1) is 4.90 Å². The van der Waals surface area contributed by atoms with Crippen molar-refractivity contribution in [3.05, 3.63) is 59.2 Å². The molecule has 1 aliphatic heterocycles. The first kappa shape index (κ1) is 22.5. The summed E-state index contributed by atoms with van der Waals surface area (Å²) in [5.74, 6) is -0.155. The third-order valence-electron chi connectivity index (χ3n) is 6.10. The molecule has 0 atom stereocenters. The standard InChI is InChI=1S/C24H29N3O4S/c28-23-7-3-4-18-16-19(10-13-22(18)26-23)24(29)25-15-14-17-8-11-21(12-9-17)32(30,31)27-20-5-1-2-6-20/h8-13,16,20,27H,1-7,14-15H2,(H,25,29)(H,26,28). The smallest absolute Gasteiger partial charge is 0.251 e. The van der Waals surface area contributed by atoms with Crippen molar-refractivity contribution in [1.82, 2.24) is 10.0 Å². The summed E-state index contributed by atoms with van der Waals surface area (Å²) in [5, 5.41) is 5.79. The van der Waals surface area contributed by atoms with Crippen LogP contribution in [0.25, 0.3) is 0 Å². The van der Waals surface area contributed by atoms with E-state index in [1.54, 1.807) is 36.4 Å². The zero-order valence-corrected chi connectivity index (χ0v) is 18.8. The molecule has 0 radical (unpaired) electrons. The van der Waals surface area contributed by atoms with E-state index in [0.717, 1.165) is 55.3 Å². The van der Waals surface area contributed by atoms with E-state index in [0.29, 0.717) is 24.9 Å². The molecule has 3 N–H and O–H groups in total. The molecule has 0 unspecified atom stereocenters. The van der Waals surface area contributed by atoms with E-state index >= 15 is 0 Å². The van der Waals surface area contributed by atoms with E-state index in [9.17, 15) is 18.0 Å². The first-order valence-electron chi connectivity index (χ1n) is 11.2. The van der Waals surface area contributed by atoms with Crippen molar-refractivity contribution >= 4 is 27.5 Å². The maximum absolute atomic E-state index is 12.5. The van der Waals surface area contributed by atoms with Crippen LogP contribution >= 0.6 is 0 Å². The molecule has 7 nitrogen and oxygen atoms in total. The number of nitrogens with one attached hydrogen (secondary N) is 3. The van der Waals surface area contributed by atoms with Gasteiger partial charge in [0.25, 0.3) is 5.91 Å². The molecule has 0 bridgehead atoms. The molecular weight excluding hydrogens is 426 g/mol. The number of hydrogen-bond donors (Lipinski definition) is 3. The number of carbonyl (C=O) groups is 2.